The van der Waals surface area contributed by atoms with E-state index < -0.39 is 0 Å². The molecule has 0 saturated carbocycles. The molecule has 0 saturated heterocycles. The molecular formula is C20H22N6O2S. The molecule has 29 heavy (non-hydrogen) atoms. The minimum Gasteiger partial charge on any atom is -0.326 e. The van der Waals surface area contributed by atoms with E-state index in [1.807, 2.05) is 17.2 Å². The van der Waals surface area contributed by atoms with Crippen LogP contribution in [0, 0.1) is 0 Å². The zero-order valence-electron chi connectivity index (χ0n) is 16.3. The molecule has 0 bridgehead atoms. The molecule has 0 spiro atoms. The Balaban J connectivity index is 1.55. The molecule has 3 aromatic rings. The summed E-state index contributed by atoms with van der Waals surface area (Å²) in [7, 11) is 0. The Kier molecular flexibility index (Phi) is 6.99. The second kappa shape index (κ2) is 9.85. The van der Waals surface area contributed by atoms with E-state index in [0.717, 1.165) is 10.7 Å². The zero-order chi connectivity index (χ0) is 20.6. The van der Waals surface area contributed by atoms with Crippen LogP contribution >= 0.6 is 11.3 Å². The molecule has 0 radical (unpaired) electrons. The summed E-state index contributed by atoms with van der Waals surface area (Å²) in [6.45, 7) is 4.98. The number of likely N-dealkylation sites (N-methyl/N-ethyl adjacent to an activating group) is 1. The van der Waals surface area contributed by atoms with Crippen molar-refractivity contribution >= 4 is 34.5 Å². The van der Waals surface area contributed by atoms with Gasteiger partial charge in [-0.1, -0.05) is 6.92 Å². The average Bonchev–Trinajstić information content (AvgIpc) is 3.18. The fraction of sp³-hybridized carbons (Fsp3) is 0.250. The Morgan fingerprint density at radius 2 is 1.72 bits per heavy atom. The maximum atomic E-state index is 12.4. The Hall–Kier alpha value is -3.17. The van der Waals surface area contributed by atoms with Crippen LogP contribution < -0.4 is 10.6 Å². The maximum Gasteiger partial charge on any atom is 0.238 e. The van der Waals surface area contributed by atoms with Gasteiger partial charge >= 0.3 is 0 Å². The van der Waals surface area contributed by atoms with Crippen molar-refractivity contribution in [3.63, 3.8) is 0 Å². The summed E-state index contributed by atoms with van der Waals surface area (Å²) in [6, 6.07) is 8.77. The average molecular weight is 411 g/mol. The van der Waals surface area contributed by atoms with E-state index >= 15 is 0 Å². The van der Waals surface area contributed by atoms with Crippen LogP contribution in [0.4, 0.5) is 11.4 Å². The summed E-state index contributed by atoms with van der Waals surface area (Å²) < 4.78 is 0. The van der Waals surface area contributed by atoms with E-state index in [9.17, 15) is 9.59 Å². The zero-order valence-corrected chi connectivity index (χ0v) is 17.1. The minimum atomic E-state index is -0.135. The highest BCUT2D eigenvalue weighted by atomic mass is 32.1. The fourth-order valence-electron chi connectivity index (χ4n) is 2.64. The van der Waals surface area contributed by atoms with Gasteiger partial charge in [0.05, 0.1) is 12.2 Å². The van der Waals surface area contributed by atoms with Crippen molar-refractivity contribution in [2.24, 2.45) is 0 Å². The maximum absolute atomic E-state index is 12.4. The van der Waals surface area contributed by atoms with Gasteiger partial charge in [0.25, 0.3) is 0 Å². The van der Waals surface area contributed by atoms with Gasteiger partial charge in [0.2, 0.25) is 11.8 Å². The Bertz CT molecular complexity index is 959. The van der Waals surface area contributed by atoms with Crippen molar-refractivity contribution < 1.29 is 9.59 Å². The smallest absolute Gasteiger partial charge is 0.238 e. The van der Waals surface area contributed by atoms with Crippen LogP contribution in [0.15, 0.2) is 48.1 Å². The summed E-state index contributed by atoms with van der Waals surface area (Å²) >= 11 is 1.49. The van der Waals surface area contributed by atoms with Crippen molar-refractivity contribution in [3.8, 4) is 10.8 Å². The van der Waals surface area contributed by atoms with Crippen LogP contribution in [0.2, 0.25) is 0 Å². The van der Waals surface area contributed by atoms with E-state index in [1.165, 1.54) is 18.3 Å². The molecule has 150 valence electrons. The lowest BCUT2D eigenvalue weighted by molar-refractivity contribution is -0.117. The van der Waals surface area contributed by atoms with Gasteiger partial charge in [-0.3, -0.25) is 14.5 Å². The largest absolute Gasteiger partial charge is 0.326 e. The highest BCUT2D eigenvalue weighted by molar-refractivity contribution is 7.13. The van der Waals surface area contributed by atoms with E-state index in [4.69, 9.17) is 0 Å². The van der Waals surface area contributed by atoms with E-state index in [0.29, 0.717) is 30.3 Å². The van der Waals surface area contributed by atoms with Gasteiger partial charge in [-0.05, 0) is 36.9 Å². The number of benzene rings is 1. The summed E-state index contributed by atoms with van der Waals surface area (Å²) in [6.07, 6.45) is 3.38. The molecule has 0 aliphatic rings. The number of nitrogens with zero attached hydrogens (tertiary/aromatic N) is 4. The Morgan fingerprint density at radius 1 is 1.07 bits per heavy atom. The molecule has 1 aromatic carbocycles. The number of anilines is 2. The number of thiazole rings is 1. The van der Waals surface area contributed by atoms with Crippen LogP contribution in [0.3, 0.4) is 0 Å². The van der Waals surface area contributed by atoms with Crippen molar-refractivity contribution in [2.45, 2.75) is 20.4 Å². The van der Waals surface area contributed by atoms with E-state index in [-0.39, 0.29) is 18.4 Å². The minimum absolute atomic E-state index is 0.110. The molecule has 2 N–H and O–H groups in total. The molecule has 8 nitrogen and oxygen atoms in total. The molecule has 0 aliphatic carbocycles. The summed E-state index contributed by atoms with van der Waals surface area (Å²) in [5.74, 6) is 0.359. The molecule has 2 heterocycles. The van der Waals surface area contributed by atoms with E-state index in [1.54, 1.807) is 42.7 Å². The molecule has 2 amide bonds. The number of carbonyl (C=O) groups excluding carboxylic acids is 2. The van der Waals surface area contributed by atoms with Gasteiger partial charge in [0.1, 0.15) is 0 Å². The molecule has 0 unspecified atom stereocenters. The summed E-state index contributed by atoms with van der Waals surface area (Å²) in [5.41, 5.74) is 2.25. The Morgan fingerprint density at radius 3 is 2.34 bits per heavy atom. The molecule has 3 rings (SSSR count). The molecule has 0 fully saturated rings. The molecule has 0 aliphatic heterocycles. The third-order valence-electron chi connectivity index (χ3n) is 4.00. The highest BCUT2D eigenvalue weighted by Gasteiger charge is 2.13. The number of hydrogen-bond donors (Lipinski definition) is 2. The molecule has 9 heteroatoms. The lowest BCUT2D eigenvalue weighted by atomic mass is 10.2. The SMILES string of the molecule is CCN(CC(=O)Nc1ccc(NC(C)=O)cc1)Cc1csc(-c2ncccn2)n1. The number of rotatable bonds is 8. The molecular weight excluding hydrogens is 388 g/mol. The standard InChI is InChI=1S/C20H22N6O2S/c1-3-26(11-17-13-29-20(25-17)19-21-9-4-10-22-19)12-18(28)24-16-7-5-15(6-8-16)23-14(2)27/h4-10,13H,3,11-12H2,1-2H3,(H,23,27)(H,24,28). The second-order valence-corrected chi connectivity index (χ2v) is 7.18. The third kappa shape index (κ3) is 6.16. The normalized spacial score (nSPS) is 10.7. The fourth-order valence-corrected chi connectivity index (χ4v) is 3.40. The first-order valence-electron chi connectivity index (χ1n) is 9.15. The van der Waals surface area contributed by atoms with E-state index in [2.05, 4.69) is 25.6 Å². The quantitative estimate of drug-likeness (QED) is 0.592. The monoisotopic (exact) mass is 410 g/mol. The highest BCUT2D eigenvalue weighted by Crippen LogP contribution is 2.20. The van der Waals surface area contributed by atoms with Crippen LogP contribution in [-0.4, -0.2) is 44.8 Å². The van der Waals surface area contributed by atoms with Crippen LogP contribution in [0.25, 0.3) is 10.8 Å². The van der Waals surface area contributed by atoms with Gasteiger partial charge in [0.15, 0.2) is 10.8 Å². The lowest BCUT2D eigenvalue weighted by Gasteiger charge is -2.18. The van der Waals surface area contributed by atoms with Crippen molar-refractivity contribution in [1.29, 1.82) is 0 Å². The van der Waals surface area contributed by atoms with Gasteiger partial charge in [-0.2, -0.15) is 0 Å². The lowest BCUT2D eigenvalue weighted by Crippen LogP contribution is -2.32. The van der Waals surface area contributed by atoms with Crippen molar-refractivity contribution in [3.05, 3.63) is 53.8 Å². The van der Waals surface area contributed by atoms with Crippen molar-refractivity contribution in [2.75, 3.05) is 23.7 Å². The summed E-state index contributed by atoms with van der Waals surface area (Å²) in [4.78, 5) is 38.5. The second-order valence-electron chi connectivity index (χ2n) is 6.33. The number of carbonyl (C=O) groups is 2. The van der Waals surface area contributed by atoms with Gasteiger partial charge in [-0.15, -0.1) is 11.3 Å². The number of aromatic nitrogens is 3. The first-order valence-corrected chi connectivity index (χ1v) is 10.0. The van der Waals surface area contributed by atoms with Gasteiger partial charge in [0, 0.05) is 42.6 Å². The van der Waals surface area contributed by atoms with Crippen LogP contribution in [-0.2, 0) is 16.1 Å². The molecule has 0 atom stereocenters. The topological polar surface area (TPSA) is 100 Å². The van der Waals surface area contributed by atoms with Crippen molar-refractivity contribution in [1.82, 2.24) is 19.9 Å². The Labute approximate surface area is 173 Å². The first-order chi connectivity index (χ1) is 14.0. The number of hydrogen-bond acceptors (Lipinski definition) is 7. The number of nitrogens with one attached hydrogen (secondary N) is 2. The molecule has 2 aromatic heterocycles. The van der Waals surface area contributed by atoms with Crippen LogP contribution in [0.5, 0.6) is 0 Å². The predicted octanol–water partition coefficient (Wildman–Crippen LogP) is 3.02. The van der Waals surface area contributed by atoms with Gasteiger partial charge < -0.3 is 10.6 Å². The summed E-state index contributed by atoms with van der Waals surface area (Å²) in [5, 5.41) is 8.30. The predicted molar refractivity (Wildman–Crippen MR) is 113 cm³/mol. The van der Waals surface area contributed by atoms with Crippen LogP contribution in [0.1, 0.15) is 19.5 Å². The number of amides is 2. The first kappa shape index (κ1) is 20.6. The van der Waals surface area contributed by atoms with Gasteiger partial charge in [-0.25, -0.2) is 15.0 Å². The third-order valence-corrected chi connectivity index (χ3v) is 4.88.